The Kier molecular flexibility index (Phi) is 6.51. The van der Waals surface area contributed by atoms with Gasteiger partial charge in [-0.1, -0.05) is 91.0 Å². The molecule has 2 amide bonds. The lowest BCUT2D eigenvalue weighted by atomic mass is 10.1. The van der Waals surface area contributed by atoms with Crippen LogP contribution in [0.25, 0.3) is 0 Å². The zero-order valence-corrected chi connectivity index (χ0v) is 20.5. The van der Waals surface area contributed by atoms with Crippen LogP contribution in [0.1, 0.15) is 41.6 Å². The van der Waals surface area contributed by atoms with Crippen LogP contribution in [0.15, 0.2) is 88.8 Å². The normalized spacial score (nSPS) is 17.3. The summed E-state index contributed by atoms with van der Waals surface area (Å²) in [6, 6.07) is 24.7. The second-order valence-corrected chi connectivity index (χ2v) is 9.74. The van der Waals surface area contributed by atoms with E-state index in [1.54, 1.807) is 4.90 Å². The number of aliphatic imine (C=N–C) groups is 2. The zero-order chi connectivity index (χ0) is 24.4. The highest BCUT2D eigenvalue weighted by atomic mass is 32.2. The second kappa shape index (κ2) is 9.88. The smallest absolute Gasteiger partial charge is 0.263 e. The molecule has 0 saturated heterocycles. The summed E-state index contributed by atoms with van der Waals surface area (Å²) in [4.78, 5) is 37.8. The Labute approximate surface area is 209 Å². The fourth-order valence-electron chi connectivity index (χ4n) is 4.14. The van der Waals surface area contributed by atoms with Gasteiger partial charge in [0, 0.05) is 12.1 Å². The molecule has 3 aromatic rings. The summed E-state index contributed by atoms with van der Waals surface area (Å²) in [6.45, 7) is 4.46. The minimum absolute atomic E-state index is 0.0793. The molecule has 2 aliphatic rings. The molecular formula is C28H26N4O2S. The summed E-state index contributed by atoms with van der Waals surface area (Å²) < 4.78 is 0. The molecule has 1 N–H and O–H groups in total. The fraction of sp³-hybridized carbons (Fsp3) is 0.214. The lowest BCUT2D eigenvalue weighted by Crippen LogP contribution is -2.42. The van der Waals surface area contributed by atoms with E-state index in [-0.39, 0.29) is 11.8 Å². The molecule has 7 heteroatoms. The van der Waals surface area contributed by atoms with Crippen molar-refractivity contribution in [2.24, 2.45) is 9.98 Å². The molecular weight excluding hydrogens is 456 g/mol. The topological polar surface area (TPSA) is 74.1 Å². The predicted molar refractivity (Wildman–Crippen MR) is 141 cm³/mol. The summed E-state index contributed by atoms with van der Waals surface area (Å²) in [6.07, 6.45) is 0.599. The minimum atomic E-state index is -0.626. The number of carbonyl (C=O) groups excluding carboxylic acids is 2. The minimum Gasteiger partial charge on any atom is -0.351 e. The van der Waals surface area contributed by atoms with Gasteiger partial charge in [0.2, 0.25) is 5.91 Å². The molecule has 2 heterocycles. The molecule has 0 bridgehead atoms. The summed E-state index contributed by atoms with van der Waals surface area (Å²) in [7, 11) is 0. The van der Waals surface area contributed by atoms with Crippen LogP contribution in [0.2, 0.25) is 0 Å². The summed E-state index contributed by atoms with van der Waals surface area (Å²) in [5, 5.41) is 3.13. The van der Waals surface area contributed by atoms with E-state index in [4.69, 9.17) is 9.98 Å². The van der Waals surface area contributed by atoms with Gasteiger partial charge in [-0.2, -0.15) is 0 Å². The maximum Gasteiger partial charge on any atom is 0.263 e. The van der Waals surface area contributed by atoms with Gasteiger partial charge in [-0.3, -0.25) is 9.59 Å². The van der Waals surface area contributed by atoms with Crippen molar-refractivity contribution in [2.75, 3.05) is 0 Å². The van der Waals surface area contributed by atoms with Crippen LogP contribution < -0.4 is 5.32 Å². The monoisotopic (exact) mass is 482 g/mol. The third-order valence-electron chi connectivity index (χ3n) is 6.08. The molecule has 2 atom stereocenters. The Morgan fingerprint density at radius 1 is 1.03 bits per heavy atom. The van der Waals surface area contributed by atoms with Gasteiger partial charge >= 0.3 is 0 Å². The first kappa shape index (κ1) is 23.1. The number of amidine groups is 2. The van der Waals surface area contributed by atoms with Crippen molar-refractivity contribution < 1.29 is 9.59 Å². The maximum atomic E-state index is 13.6. The summed E-state index contributed by atoms with van der Waals surface area (Å²) in [5.74, 6) is 0.359. The Morgan fingerprint density at radius 2 is 1.74 bits per heavy atom. The van der Waals surface area contributed by atoms with Crippen LogP contribution in [0.4, 0.5) is 5.69 Å². The first-order chi connectivity index (χ1) is 17.0. The first-order valence-corrected chi connectivity index (χ1v) is 12.6. The van der Waals surface area contributed by atoms with Gasteiger partial charge in [-0.05, 0) is 36.6 Å². The average molecular weight is 483 g/mol. The van der Waals surface area contributed by atoms with Crippen LogP contribution in [-0.2, 0) is 16.1 Å². The number of hydrogen-bond donors (Lipinski definition) is 1. The molecule has 0 saturated carbocycles. The molecule has 0 aromatic heterocycles. The number of para-hydroxylation sites is 1. The van der Waals surface area contributed by atoms with Crippen LogP contribution in [0.3, 0.4) is 0 Å². The molecule has 2 aliphatic heterocycles. The lowest BCUT2D eigenvalue weighted by Gasteiger charge is -2.27. The van der Waals surface area contributed by atoms with Crippen molar-refractivity contribution >= 4 is 40.3 Å². The van der Waals surface area contributed by atoms with Crippen molar-refractivity contribution in [2.45, 2.75) is 38.1 Å². The standard InChI is InChI=1S/C28H26N4O2S/c1-3-23(26(33)29-17-19-15-13-18(2)14-16-19)35-28-30-22-12-8-7-11-21(22)25-31-24(27(34)32(25)28)20-9-5-4-6-10-20/h4-16,23-24H,3,17H2,1-2H3,(H,29,33)/t23-,24-/m1/s1. The SMILES string of the molecule is CC[C@@H](SC1=Nc2ccccc2C2=N[C@H](c3ccccc3)C(=O)N12)C(=O)NCc1ccc(C)cc1. The van der Waals surface area contributed by atoms with E-state index in [0.717, 1.165) is 22.4 Å². The van der Waals surface area contributed by atoms with Crippen molar-refractivity contribution in [3.8, 4) is 0 Å². The summed E-state index contributed by atoms with van der Waals surface area (Å²) >= 11 is 1.31. The number of nitrogens with one attached hydrogen (secondary N) is 1. The van der Waals surface area contributed by atoms with E-state index in [0.29, 0.717) is 24.0 Å². The number of fused-ring (bicyclic) bond motifs is 3. The van der Waals surface area contributed by atoms with Gasteiger partial charge in [-0.25, -0.2) is 14.9 Å². The molecule has 35 heavy (non-hydrogen) atoms. The van der Waals surface area contributed by atoms with E-state index in [2.05, 4.69) is 5.32 Å². The number of benzene rings is 3. The van der Waals surface area contributed by atoms with E-state index in [9.17, 15) is 9.59 Å². The number of aryl methyl sites for hydroxylation is 1. The van der Waals surface area contributed by atoms with Gasteiger partial charge in [0.1, 0.15) is 5.84 Å². The van der Waals surface area contributed by atoms with Crippen LogP contribution in [0.5, 0.6) is 0 Å². The molecule has 6 nitrogen and oxygen atoms in total. The number of hydrogen-bond acceptors (Lipinski definition) is 5. The molecule has 0 unspecified atom stereocenters. The van der Waals surface area contributed by atoms with E-state index in [1.807, 2.05) is 92.7 Å². The number of amides is 2. The number of carbonyl (C=O) groups is 2. The number of rotatable bonds is 6. The number of thioether (sulfide) groups is 1. The predicted octanol–water partition coefficient (Wildman–Crippen LogP) is 5.15. The maximum absolute atomic E-state index is 13.6. The van der Waals surface area contributed by atoms with Crippen LogP contribution >= 0.6 is 11.8 Å². The highest BCUT2D eigenvalue weighted by Crippen LogP contribution is 2.38. The first-order valence-electron chi connectivity index (χ1n) is 11.7. The Morgan fingerprint density at radius 3 is 2.49 bits per heavy atom. The quantitative estimate of drug-likeness (QED) is 0.528. The van der Waals surface area contributed by atoms with Crippen molar-refractivity contribution in [3.63, 3.8) is 0 Å². The molecule has 0 aliphatic carbocycles. The van der Waals surface area contributed by atoms with E-state index >= 15 is 0 Å². The van der Waals surface area contributed by atoms with E-state index in [1.165, 1.54) is 17.3 Å². The zero-order valence-electron chi connectivity index (χ0n) is 19.6. The molecule has 0 radical (unpaired) electrons. The van der Waals surface area contributed by atoms with Crippen LogP contribution in [-0.4, -0.2) is 33.0 Å². The van der Waals surface area contributed by atoms with Crippen molar-refractivity contribution in [3.05, 3.63) is 101 Å². The van der Waals surface area contributed by atoms with Gasteiger partial charge in [0.15, 0.2) is 11.2 Å². The largest absolute Gasteiger partial charge is 0.351 e. The van der Waals surface area contributed by atoms with Crippen LogP contribution in [0, 0.1) is 6.92 Å². The molecule has 176 valence electrons. The van der Waals surface area contributed by atoms with Gasteiger partial charge < -0.3 is 5.32 Å². The fourth-order valence-corrected chi connectivity index (χ4v) is 5.18. The van der Waals surface area contributed by atoms with Crippen molar-refractivity contribution in [1.82, 2.24) is 10.2 Å². The van der Waals surface area contributed by atoms with Crippen molar-refractivity contribution in [1.29, 1.82) is 0 Å². The highest BCUT2D eigenvalue weighted by Gasteiger charge is 2.43. The Bertz CT molecular complexity index is 1320. The Balaban J connectivity index is 1.40. The third-order valence-corrected chi connectivity index (χ3v) is 7.40. The molecule has 0 fully saturated rings. The third kappa shape index (κ3) is 4.64. The highest BCUT2D eigenvalue weighted by molar-refractivity contribution is 8.15. The van der Waals surface area contributed by atoms with Gasteiger partial charge in [0.25, 0.3) is 5.91 Å². The lowest BCUT2D eigenvalue weighted by molar-refractivity contribution is -0.125. The van der Waals surface area contributed by atoms with Gasteiger partial charge in [0.05, 0.1) is 10.9 Å². The Hall–Kier alpha value is -3.71. The summed E-state index contributed by atoms with van der Waals surface area (Å²) in [5.41, 5.74) is 4.63. The average Bonchev–Trinajstić information content (AvgIpc) is 3.25. The second-order valence-electron chi connectivity index (χ2n) is 8.57. The molecule has 0 spiro atoms. The number of nitrogens with zero attached hydrogens (tertiary/aromatic N) is 3. The molecule has 3 aromatic carbocycles. The van der Waals surface area contributed by atoms with Gasteiger partial charge in [-0.15, -0.1) is 0 Å². The van der Waals surface area contributed by atoms with E-state index < -0.39 is 11.3 Å². The molecule has 5 rings (SSSR count).